The molecule has 1 aliphatic rings. The maximum atomic E-state index is 4.62. The molecule has 1 heterocycles. The van der Waals surface area contributed by atoms with Crippen molar-refractivity contribution in [3.63, 3.8) is 0 Å². The number of nitrogens with one attached hydrogen (secondary N) is 1. The SMILES string of the molecule is CCCC1CN=C(Nc2ccccc2C(C)(C)C)S1. The van der Waals surface area contributed by atoms with Gasteiger partial charge in [0.25, 0.3) is 0 Å². The second kappa shape index (κ2) is 6.00. The van der Waals surface area contributed by atoms with E-state index in [9.17, 15) is 0 Å². The van der Waals surface area contributed by atoms with Crippen molar-refractivity contribution in [1.29, 1.82) is 0 Å². The highest BCUT2D eigenvalue weighted by Crippen LogP contribution is 2.32. The van der Waals surface area contributed by atoms with E-state index in [0.717, 1.165) is 11.7 Å². The molecule has 19 heavy (non-hydrogen) atoms. The molecular formula is C16H24N2S. The number of nitrogens with zero attached hydrogens (tertiary/aromatic N) is 1. The number of aliphatic imine (C=N–C) groups is 1. The van der Waals surface area contributed by atoms with Crippen molar-refractivity contribution in [3.8, 4) is 0 Å². The summed E-state index contributed by atoms with van der Waals surface area (Å²) >= 11 is 1.89. The van der Waals surface area contributed by atoms with Crippen LogP contribution < -0.4 is 5.32 Å². The van der Waals surface area contributed by atoms with Crippen LogP contribution in [0.1, 0.15) is 46.1 Å². The van der Waals surface area contributed by atoms with Crippen LogP contribution in [0.15, 0.2) is 29.3 Å². The molecular weight excluding hydrogens is 252 g/mol. The van der Waals surface area contributed by atoms with Crippen molar-refractivity contribution in [1.82, 2.24) is 0 Å². The van der Waals surface area contributed by atoms with E-state index < -0.39 is 0 Å². The molecule has 0 bridgehead atoms. The molecule has 1 atom stereocenters. The number of hydrogen-bond acceptors (Lipinski definition) is 3. The van der Waals surface area contributed by atoms with Crippen molar-refractivity contribution in [2.75, 3.05) is 11.9 Å². The Bertz CT molecular complexity index is 460. The van der Waals surface area contributed by atoms with Gasteiger partial charge < -0.3 is 5.32 Å². The second-order valence-corrected chi connectivity index (χ2v) is 7.38. The predicted molar refractivity (Wildman–Crippen MR) is 87.4 cm³/mol. The normalized spacial score (nSPS) is 19.4. The van der Waals surface area contributed by atoms with Crippen LogP contribution in [0.2, 0.25) is 0 Å². The minimum Gasteiger partial charge on any atom is -0.335 e. The maximum Gasteiger partial charge on any atom is 0.161 e. The van der Waals surface area contributed by atoms with Gasteiger partial charge in [0.2, 0.25) is 0 Å². The highest BCUT2D eigenvalue weighted by Gasteiger charge is 2.22. The van der Waals surface area contributed by atoms with Crippen LogP contribution in [-0.4, -0.2) is 17.0 Å². The average Bonchev–Trinajstić information content (AvgIpc) is 2.76. The van der Waals surface area contributed by atoms with Crippen molar-refractivity contribution in [2.24, 2.45) is 4.99 Å². The number of rotatable bonds is 3. The van der Waals surface area contributed by atoms with Crippen molar-refractivity contribution < 1.29 is 0 Å². The number of benzene rings is 1. The fourth-order valence-electron chi connectivity index (χ4n) is 2.32. The van der Waals surface area contributed by atoms with Gasteiger partial charge in [-0.25, -0.2) is 0 Å². The molecule has 1 N–H and O–H groups in total. The van der Waals surface area contributed by atoms with Gasteiger partial charge in [0.15, 0.2) is 5.17 Å². The van der Waals surface area contributed by atoms with Gasteiger partial charge in [0.1, 0.15) is 0 Å². The summed E-state index contributed by atoms with van der Waals surface area (Å²) in [6.07, 6.45) is 2.49. The Kier molecular flexibility index (Phi) is 4.56. The summed E-state index contributed by atoms with van der Waals surface area (Å²) in [5.41, 5.74) is 2.69. The van der Waals surface area contributed by atoms with Gasteiger partial charge in [-0.05, 0) is 23.5 Å². The van der Waals surface area contributed by atoms with E-state index >= 15 is 0 Å². The van der Waals surface area contributed by atoms with Crippen LogP contribution in [-0.2, 0) is 5.41 Å². The molecule has 3 heteroatoms. The van der Waals surface area contributed by atoms with E-state index in [2.05, 4.69) is 62.3 Å². The van der Waals surface area contributed by atoms with Gasteiger partial charge in [-0.1, -0.05) is 64.1 Å². The van der Waals surface area contributed by atoms with Crippen LogP contribution in [0, 0.1) is 0 Å². The first-order valence-electron chi connectivity index (χ1n) is 7.08. The zero-order chi connectivity index (χ0) is 13.9. The first-order chi connectivity index (χ1) is 9.00. The van der Waals surface area contributed by atoms with Crippen LogP contribution >= 0.6 is 11.8 Å². The fraction of sp³-hybridized carbons (Fsp3) is 0.562. The lowest BCUT2D eigenvalue weighted by Crippen LogP contribution is -2.16. The maximum absolute atomic E-state index is 4.62. The van der Waals surface area contributed by atoms with Crippen LogP contribution in [0.25, 0.3) is 0 Å². The highest BCUT2D eigenvalue weighted by molar-refractivity contribution is 8.15. The van der Waals surface area contributed by atoms with Gasteiger partial charge in [0, 0.05) is 10.9 Å². The minimum atomic E-state index is 0.149. The Morgan fingerprint density at radius 2 is 2.05 bits per heavy atom. The summed E-state index contributed by atoms with van der Waals surface area (Å²) in [6.45, 7) is 9.93. The van der Waals surface area contributed by atoms with Crippen LogP contribution in [0.3, 0.4) is 0 Å². The molecule has 2 rings (SSSR count). The van der Waals surface area contributed by atoms with E-state index in [1.54, 1.807) is 0 Å². The third-order valence-corrected chi connectivity index (χ3v) is 4.48. The quantitative estimate of drug-likeness (QED) is 0.867. The Balaban J connectivity index is 2.09. The van der Waals surface area contributed by atoms with E-state index in [0.29, 0.717) is 5.25 Å². The zero-order valence-corrected chi connectivity index (χ0v) is 13.2. The summed E-state index contributed by atoms with van der Waals surface area (Å²) in [6, 6.07) is 8.54. The van der Waals surface area contributed by atoms with Gasteiger partial charge in [-0.3, -0.25) is 4.99 Å². The molecule has 0 amide bonds. The summed E-state index contributed by atoms with van der Waals surface area (Å²) in [7, 11) is 0. The van der Waals surface area contributed by atoms with Gasteiger partial charge in [-0.2, -0.15) is 0 Å². The third-order valence-electron chi connectivity index (χ3n) is 3.30. The highest BCUT2D eigenvalue weighted by atomic mass is 32.2. The topological polar surface area (TPSA) is 24.4 Å². The van der Waals surface area contributed by atoms with E-state index in [-0.39, 0.29) is 5.41 Å². The van der Waals surface area contributed by atoms with E-state index in [1.807, 2.05) is 11.8 Å². The van der Waals surface area contributed by atoms with Crippen molar-refractivity contribution in [2.45, 2.75) is 51.2 Å². The summed E-state index contributed by atoms with van der Waals surface area (Å²) in [4.78, 5) is 4.62. The van der Waals surface area contributed by atoms with Crippen LogP contribution in [0.4, 0.5) is 5.69 Å². The Labute approximate surface area is 121 Å². The number of para-hydroxylation sites is 1. The molecule has 1 aromatic carbocycles. The number of thioether (sulfide) groups is 1. The van der Waals surface area contributed by atoms with Crippen molar-refractivity contribution >= 4 is 22.6 Å². The van der Waals surface area contributed by atoms with E-state index in [1.165, 1.54) is 24.1 Å². The predicted octanol–water partition coefficient (Wildman–Crippen LogP) is 4.67. The number of anilines is 1. The summed E-state index contributed by atoms with van der Waals surface area (Å²) < 4.78 is 0. The number of hydrogen-bond donors (Lipinski definition) is 1. The Morgan fingerprint density at radius 1 is 1.32 bits per heavy atom. The zero-order valence-electron chi connectivity index (χ0n) is 12.4. The molecule has 0 spiro atoms. The summed E-state index contributed by atoms with van der Waals surface area (Å²) in [5, 5.41) is 5.26. The third kappa shape index (κ3) is 3.75. The molecule has 0 aliphatic carbocycles. The lowest BCUT2D eigenvalue weighted by molar-refractivity contribution is 0.592. The largest absolute Gasteiger partial charge is 0.335 e. The van der Waals surface area contributed by atoms with Gasteiger partial charge in [-0.15, -0.1) is 0 Å². The molecule has 0 aromatic heterocycles. The number of amidine groups is 1. The fourth-order valence-corrected chi connectivity index (χ4v) is 3.46. The lowest BCUT2D eigenvalue weighted by atomic mass is 9.86. The monoisotopic (exact) mass is 276 g/mol. The van der Waals surface area contributed by atoms with Crippen molar-refractivity contribution in [3.05, 3.63) is 29.8 Å². The standard InChI is InChI=1S/C16H24N2S/c1-5-8-12-11-17-15(19-12)18-14-10-7-6-9-13(14)16(2,3)4/h6-7,9-10,12H,5,8,11H2,1-4H3,(H,17,18). The molecule has 104 valence electrons. The Hall–Kier alpha value is -0.960. The molecule has 0 saturated carbocycles. The molecule has 2 nitrogen and oxygen atoms in total. The minimum absolute atomic E-state index is 0.149. The molecule has 1 aromatic rings. The smallest absolute Gasteiger partial charge is 0.161 e. The molecule has 0 saturated heterocycles. The molecule has 1 unspecified atom stereocenters. The van der Waals surface area contributed by atoms with Gasteiger partial charge >= 0.3 is 0 Å². The average molecular weight is 276 g/mol. The molecule has 0 fully saturated rings. The summed E-state index contributed by atoms with van der Waals surface area (Å²) in [5.74, 6) is 0. The lowest BCUT2D eigenvalue weighted by Gasteiger charge is -2.23. The Morgan fingerprint density at radius 3 is 2.74 bits per heavy atom. The van der Waals surface area contributed by atoms with Crippen LogP contribution in [0.5, 0.6) is 0 Å². The van der Waals surface area contributed by atoms with Gasteiger partial charge in [0.05, 0.1) is 6.54 Å². The molecule has 1 aliphatic heterocycles. The first kappa shape index (κ1) is 14.4. The second-order valence-electron chi connectivity index (χ2n) is 6.09. The molecule has 0 radical (unpaired) electrons. The first-order valence-corrected chi connectivity index (χ1v) is 7.96. The van der Waals surface area contributed by atoms with E-state index in [4.69, 9.17) is 0 Å².